The number of alkyl halides is 4. The van der Waals surface area contributed by atoms with Gasteiger partial charge in [0.1, 0.15) is 5.75 Å². The number of hydrogen-bond donors (Lipinski definition) is 0. The molecule has 0 unspecified atom stereocenters. The molecule has 0 radical (unpaired) electrons. The lowest BCUT2D eigenvalue weighted by atomic mass is 10.1. The summed E-state index contributed by atoms with van der Waals surface area (Å²) in [4.78, 5) is 0. The van der Waals surface area contributed by atoms with Gasteiger partial charge in [-0.25, -0.2) is 0 Å². The Hall–Kier alpha value is -0.710. The second-order valence-electron chi connectivity index (χ2n) is 2.78. The molecule has 0 aliphatic rings. The van der Waals surface area contributed by atoms with Gasteiger partial charge in [-0.05, 0) is 24.1 Å². The molecule has 0 saturated carbocycles. The lowest BCUT2D eigenvalue weighted by Gasteiger charge is -2.11. The smallest absolute Gasteiger partial charge is 0.406 e. The van der Waals surface area contributed by atoms with E-state index in [1.54, 1.807) is 19.1 Å². The molecule has 0 heterocycles. The molecule has 14 heavy (non-hydrogen) atoms. The summed E-state index contributed by atoms with van der Waals surface area (Å²) in [5.41, 5.74) is 1.39. The SMILES string of the molecule is Cc1cc(CBr)ccc1OC(F)(F)F. The third kappa shape index (κ3) is 3.21. The van der Waals surface area contributed by atoms with Crippen molar-refractivity contribution in [2.75, 3.05) is 0 Å². The molecule has 5 heteroatoms. The zero-order valence-electron chi connectivity index (χ0n) is 7.36. The van der Waals surface area contributed by atoms with Crippen molar-refractivity contribution in [1.29, 1.82) is 0 Å². The van der Waals surface area contributed by atoms with E-state index >= 15 is 0 Å². The Morgan fingerprint density at radius 1 is 1.36 bits per heavy atom. The van der Waals surface area contributed by atoms with E-state index in [-0.39, 0.29) is 5.75 Å². The van der Waals surface area contributed by atoms with Crippen LogP contribution in [0.1, 0.15) is 11.1 Å². The molecule has 0 aliphatic heterocycles. The molecule has 1 aromatic carbocycles. The van der Waals surface area contributed by atoms with Gasteiger partial charge in [-0.15, -0.1) is 13.2 Å². The molecular formula is C9H8BrF3O. The summed E-state index contributed by atoms with van der Waals surface area (Å²) in [6.07, 6.45) is -4.62. The van der Waals surface area contributed by atoms with Crippen molar-refractivity contribution in [1.82, 2.24) is 0 Å². The fourth-order valence-corrected chi connectivity index (χ4v) is 1.38. The molecule has 1 aromatic rings. The third-order valence-electron chi connectivity index (χ3n) is 1.62. The van der Waals surface area contributed by atoms with E-state index in [1.165, 1.54) is 6.07 Å². The maximum absolute atomic E-state index is 11.9. The standard InChI is InChI=1S/C9H8BrF3O/c1-6-4-7(5-10)2-3-8(6)14-9(11,12)13/h2-4H,5H2,1H3. The lowest BCUT2D eigenvalue weighted by molar-refractivity contribution is -0.274. The van der Waals surface area contributed by atoms with Gasteiger partial charge < -0.3 is 4.74 Å². The number of halogens is 4. The highest BCUT2D eigenvalue weighted by molar-refractivity contribution is 9.08. The molecule has 1 rings (SSSR count). The highest BCUT2D eigenvalue weighted by Crippen LogP contribution is 2.26. The van der Waals surface area contributed by atoms with E-state index in [0.717, 1.165) is 5.56 Å². The van der Waals surface area contributed by atoms with Crippen LogP contribution in [0.15, 0.2) is 18.2 Å². The van der Waals surface area contributed by atoms with Crippen LogP contribution in [0, 0.1) is 6.92 Å². The monoisotopic (exact) mass is 268 g/mol. The van der Waals surface area contributed by atoms with Crippen molar-refractivity contribution in [3.05, 3.63) is 29.3 Å². The quantitative estimate of drug-likeness (QED) is 0.742. The lowest BCUT2D eigenvalue weighted by Crippen LogP contribution is -2.17. The maximum Gasteiger partial charge on any atom is 0.573 e. The van der Waals surface area contributed by atoms with Crippen LogP contribution in [0.5, 0.6) is 5.75 Å². The molecule has 78 valence electrons. The summed E-state index contributed by atoms with van der Waals surface area (Å²) in [5, 5.41) is 0.611. The Bertz CT molecular complexity index is 322. The van der Waals surface area contributed by atoms with Gasteiger partial charge in [-0.3, -0.25) is 0 Å². The molecule has 0 saturated heterocycles. The minimum atomic E-state index is -4.62. The van der Waals surface area contributed by atoms with E-state index in [0.29, 0.717) is 10.9 Å². The first-order valence-corrected chi connectivity index (χ1v) is 4.96. The fourth-order valence-electron chi connectivity index (χ4n) is 1.03. The van der Waals surface area contributed by atoms with Crippen LogP contribution in [-0.4, -0.2) is 6.36 Å². The first-order chi connectivity index (χ1) is 6.42. The van der Waals surface area contributed by atoms with Crippen LogP contribution in [0.25, 0.3) is 0 Å². The van der Waals surface area contributed by atoms with Gasteiger partial charge in [0.25, 0.3) is 0 Å². The van der Waals surface area contributed by atoms with Crippen LogP contribution >= 0.6 is 15.9 Å². The van der Waals surface area contributed by atoms with Crippen molar-refractivity contribution in [3.63, 3.8) is 0 Å². The first-order valence-electron chi connectivity index (χ1n) is 3.83. The van der Waals surface area contributed by atoms with Gasteiger partial charge in [0.05, 0.1) is 0 Å². The molecule has 0 spiro atoms. The van der Waals surface area contributed by atoms with Crippen LogP contribution in [-0.2, 0) is 5.33 Å². The Balaban J connectivity index is 2.89. The average molecular weight is 269 g/mol. The second-order valence-corrected chi connectivity index (χ2v) is 3.34. The molecule has 0 aliphatic carbocycles. The van der Waals surface area contributed by atoms with Crippen molar-refractivity contribution in [2.24, 2.45) is 0 Å². The van der Waals surface area contributed by atoms with E-state index in [4.69, 9.17) is 0 Å². The van der Waals surface area contributed by atoms with Gasteiger partial charge in [0.15, 0.2) is 0 Å². The minimum absolute atomic E-state index is 0.151. The number of hydrogen-bond acceptors (Lipinski definition) is 1. The Morgan fingerprint density at radius 2 is 2.00 bits per heavy atom. The maximum atomic E-state index is 11.9. The largest absolute Gasteiger partial charge is 0.573 e. The minimum Gasteiger partial charge on any atom is -0.406 e. The van der Waals surface area contributed by atoms with E-state index in [2.05, 4.69) is 20.7 Å². The highest BCUT2D eigenvalue weighted by Gasteiger charge is 2.31. The Labute approximate surface area is 88.0 Å². The zero-order chi connectivity index (χ0) is 10.8. The molecule has 0 bridgehead atoms. The van der Waals surface area contributed by atoms with E-state index < -0.39 is 6.36 Å². The van der Waals surface area contributed by atoms with Crippen molar-refractivity contribution in [2.45, 2.75) is 18.6 Å². The fraction of sp³-hybridized carbons (Fsp3) is 0.333. The predicted octanol–water partition coefficient (Wildman–Crippen LogP) is 3.79. The number of ether oxygens (including phenoxy) is 1. The molecule has 0 N–H and O–H groups in total. The highest BCUT2D eigenvalue weighted by atomic mass is 79.9. The van der Waals surface area contributed by atoms with E-state index in [9.17, 15) is 13.2 Å². The average Bonchev–Trinajstić information content (AvgIpc) is 2.06. The first kappa shape index (κ1) is 11.4. The third-order valence-corrected chi connectivity index (χ3v) is 2.27. The number of rotatable bonds is 2. The van der Waals surface area contributed by atoms with Crippen molar-refractivity contribution >= 4 is 15.9 Å². The topological polar surface area (TPSA) is 9.23 Å². The van der Waals surface area contributed by atoms with Gasteiger partial charge in [-0.1, -0.05) is 28.1 Å². The summed E-state index contributed by atoms with van der Waals surface area (Å²) in [6, 6.07) is 4.55. The van der Waals surface area contributed by atoms with Gasteiger partial charge >= 0.3 is 6.36 Å². The molecular weight excluding hydrogens is 261 g/mol. The van der Waals surface area contributed by atoms with Crippen molar-refractivity contribution in [3.8, 4) is 5.75 Å². The van der Waals surface area contributed by atoms with Gasteiger partial charge in [-0.2, -0.15) is 0 Å². The summed E-state index contributed by atoms with van der Waals surface area (Å²) >= 11 is 3.21. The second kappa shape index (κ2) is 4.21. The Morgan fingerprint density at radius 3 is 2.43 bits per heavy atom. The summed E-state index contributed by atoms with van der Waals surface area (Å²) in [5.74, 6) is -0.151. The molecule has 0 atom stereocenters. The van der Waals surface area contributed by atoms with E-state index in [1.807, 2.05) is 0 Å². The van der Waals surface area contributed by atoms with Gasteiger partial charge in [0, 0.05) is 5.33 Å². The number of aryl methyl sites for hydroxylation is 1. The Kier molecular flexibility index (Phi) is 3.42. The molecule has 0 fully saturated rings. The van der Waals surface area contributed by atoms with Gasteiger partial charge in [0.2, 0.25) is 0 Å². The van der Waals surface area contributed by atoms with Crippen LogP contribution in [0.2, 0.25) is 0 Å². The number of benzene rings is 1. The summed E-state index contributed by atoms with van der Waals surface area (Å²) < 4.78 is 39.4. The van der Waals surface area contributed by atoms with Crippen molar-refractivity contribution < 1.29 is 17.9 Å². The summed E-state index contributed by atoms with van der Waals surface area (Å²) in [7, 11) is 0. The molecule has 1 nitrogen and oxygen atoms in total. The summed E-state index contributed by atoms with van der Waals surface area (Å²) in [6.45, 7) is 1.58. The molecule has 0 aromatic heterocycles. The van der Waals surface area contributed by atoms with Crippen LogP contribution in [0.3, 0.4) is 0 Å². The zero-order valence-corrected chi connectivity index (χ0v) is 8.95. The predicted molar refractivity (Wildman–Crippen MR) is 50.5 cm³/mol. The molecule has 0 amide bonds. The normalized spacial score (nSPS) is 11.5. The van der Waals surface area contributed by atoms with Crippen LogP contribution in [0.4, 0.5) is 13.2 Å². The van der Waals surface area contributed by atoms with Crippen LogP contribution < -0.4 is 4.74 Å².